The van der Waals surface area contributed by atoms with E-state index in [9.17, 15) is 4.39 Å². The molecule has 84 valence electrons. The zero-order valence-corrected chi connectivity index (χ0v) is 9.86. The maximum absolute atomic E-state index is 13.4. The van der Waals surface area contributed by atoms with Gasteiger partial charge in [-0.25, -0.2) is 4.39 Å². The summed E-state index contributed by atoms with van der Waals surface area (Å²) in [7, 11) is 1.43. The third kappa shape index (κ3) is 3.36. The molecule has 0 atom stereocenters. The Morgan fingerprint density at radius 1 is 1.47 bits per heavy atom. The standard InChI is InChI=1S/C11H15ClFNO/c1-11(2,14)6-7-4-8(12)5-9(13)10(7)15-3/h4-5H,6,14H2,1-3H3. The lowest BCUT2D eigenvalue weighted by atomic mass is 9.95. The predicted molar refractivity (Wildman–Crippen MR) is 59.9 cm³/mol. The molecule has 1 aromatic carbocycles. The summed E-state index contributed by atoms with van der Waals surface area (Å²) in [6, 6.07) is 2.91. The highest BCUT2D eigenvalue weighted by atomic mass is 35.5. The van der Waals surface area contributed by atoms with Gasteiger partial charge in [0.2, 0.25) is 0 Å². The molecule has 0 aliphatic rings. The first kappa shape index (κ1) is 12.3. The third-order valence-corrected chi connectivity index (χ3v) is 2.15. The Kier molecular flexibility index (Phi) is 3.58. The highest BCUT2D eigenvalue weighted by Gasteiger charge is 2.18. The molecule has 0 radical (unpaired) electrons. The van der Waals surface area contributed by atoms with Crippen molar-refractivity contribution in [2.24, 2.45) is 5.73 Å². The largest absolute Gasteiger partial charge is 0.493 e. The smallest absolute Gasteiger partial charge is 0.166 e. The van der Waals surface area contributed by atoms with Crippen LogP contribution in [0.2, 0.25) is 5.02 Å². The summed E-state index contributed by atoms with van der Waals surface area (Å²) in [6.45, 7) is 3.73. The van der Waals surface area contributed by atoms with E-state index in [0.29, 0.717) is 17.0 Å². The monoisotopic (exact) mass is 231 g/mol. The van der Waals surface area contributed by atoms with Gasteiger partial charge in [0.15, 0.2) is 11.6 Å². The molecular formula is C11H15ClFNO. The fourth-order valence-corrected chi connectivity index (χ4v) is 1.69. The number of methoxy groups -OCH3 is 1. The first-order valence-electron chi connectivity index (χ1n) is 4.64. The molecule has 0 aromatic heterocycles. The zero-order valence-electron chi connectivity index (χ0n) is 9.10. The molecule has 0 heterocycles. The van der Waals surface area contributed by atoms with Crippen molar-refractivity contribution in [2.45, 2.75) is 25.8 Å². The molecule has 0 aliphatic carbocycles. The van der Waals surface area contributed by atoms with Gasteiger partial charge in [-0.15, -0.1) is 0 Å². The van der Waals surface area contributed by atoms with E-state index in [2.05, 4.69) is 0 Å². The van der Waals surface area contributed by atoms with Crippen molar-refractivity contribution in [2.75, 3.05) is 7.11 Å². The molecule has 1 rings (SSSR count). The number of halogens is 2. The van der Waals surface area contributed by atoms with E-state index in [-0.39, 0.29) is 5.75 Å². The topological polar surface area (TPSA) is 35.2 Å². The molecule has 2 N–H and O–H groups in total. The highest BCUT2D eigenvalue weighted by molar-refractivity contribution is 6.30. The fourth-order valence-electron chi connectivity index (χ4n) is 1.46. The van der Waals surface area contributed by atoms with Crippen LogP contribution in [-0.2, 0) is 6.42 Å². The van der Waals surface area contributed by atoms with E-state index in [4.69, 9.17) is 22.1 Å². The van der Waals surface area contributed by atoms with E-state index >= 15 is 0 Å². The second-order valence-corrected chi connectivity index (χ2v) is 4.68. The molecule has 0 aliphatic heterocycles. The van der Waals surface area contributed by atoms with Crippen molar-refractivity contribution < 1.29 is 9.13 Å². The summed E-state index contributed by atoms with van der Waals surface area (Å²) in [5.74, 6) is -0.234. The van der Waals surface area contributed by atoms with Crippen molar-refractivity contribution in [3.05, 3.63) is 28.5 Å². The lowest BCUT2D eigenvalue weighted by Crippen LogP contribution is -2.34. The van der Waals surface area contributed by atoms with Crippen LogP contribution in [0.3, 0.4) is 0 Å². The lowest BCUT2D eigenvalue weighted by Gasteiger charge is -2.20. The van der Waals surface area contributed by atoms with Crippen molar-refractivity contribution in [3.63, 3.8) is 0 Å². The zero-order chi connectivity index (χ0) is 11.6. The van der Waals surface area contributed by atoms with Crippen LogP contribution in [0.1, 0.15) is 19.4 Å². The van der Waals surface area contributed by atoms with Gasteiger partial charge in [-0.05, 0) is 32.4 Å². The van der Waals surface area contributed by atoms with Crippen molar-refractivity contribution >= 4 is 11.6 Å². The van der Waals surface area contributed by atoms with Gasteiger partial charge in [0, 0.05) is 16.1 Å². The summed E-state index contributed by atoms with van der Waals surface area (Å²) < 4.78 is 18.4. The van der Waals surface area contributed by atoms with Gasteiger partial charge in [0.25, 0.3) is 0 Å². The number of hydrogen-bond donors (Lipinski definition) is 1. The minimum atomic E-state index is -0.454. The molecule has 0 spiro atoms. The van der Waals surface area contributed by atoms with Crippen molar-refractivity contribution in [1.82, 2.24) is 0 Å². The lowest BCUT2D eigenvalue weighted by molar-refractivity contribution is 0.376. The van der Waals surface area contributed by atoms with Crippen molar-refractivity contribution in [3.8, 4) is 5.75 Å². The summed E-state index contributed by atoms with van der Waals surface area (Å²) in [4.78, 5) is 0. The first-order valence-corrected chi connectivity index (χ1v) is 5.02. The Hall–Kier alpha value is -0.800. The van der Waals surface area contributed by atoms with Crippen LogP contribution in [0.25, 0.3) is 0 Å². The molecule has 0 bridgehead atoms. The van der Waals surface area contributed by atoms with E-state index < -0.39 is 11.4 Å². The summed E-state index contributed by atoms with van der Waals surface area (Å²) in [5.41, 5.74) is 6.13. The van der Waals surface area contributed by atoms with Crippen LogP contribution >= 0.6 is 11.6 Å². The second-order valence-electron chi connectivity index (χ2n) is 4.25. The van der Waals surface area contributed by atoms with Crippen LogP contribution in [0, 0.1) is 5.82 Å². The molecule has 0 amide bonds. The van der Waals surface area contributed by atoms with Gasteiger partial charge in [-0.2, -0.15) is 0 Å². The molecular weight excluding hydrogens is 217 g/mol. The quantitative estimate of drug-likeness (QED) is 0.868. The number of benzene rings is 1. The van der Waals surface area contributed by atoms with Crippen molar-refractivity contribution in [1.29, 1.82) is 0 Å². The number of rotatable bonds is 3. The number of nitrogens with two attached hydrogens (primary N) is 1. The molecule has 15 heavy (non-hydrogen) atoms. The maximum Gasteiger partial charge on any atom is 0.166 e. The van der Waals surface area contributed by atoms with Gasteiger partial charge in [0.1, 0.15) is 0 Å². The normalized spacial score (nSPS) is 11.6. The third-order valence-electron chi connectivity index (χ3n) is 1.94. The van der Waals surface area contributed by atoms with Crippen LogP contribution in [0.5, 0.6) is 5.75 Å². The molecule has 1 aromatic rings. The first-order chi connectivity index (χ1) is 6.83. The Labute approximate surface area is 94.2 Å². The molecule has 0 saturated heterocycles. The Morgan fingerprint density at radius 3 is 2.53 bits per heavy atom. The van der Waals surface area contributed by atoms with Gasteiger partial charge < -0.3 is 10.5 Å². The minimum absolute atomic E-state index is 0.220. The van der Waals surface area contributed by atoms with Gasteiger partial charge in [0.05, 0.1) is 7.11 Å². The SMILES string of the molecule is COc1c(F)cc(Cl)cc1CC(C)(C)N. The van der Waals surface area contributed by atoms with E-state index in [1.165, 1.54) is 13.2 Å². The van der Waals surface area contributed by atoms with E-state index in [0.717, 1.165) is 0 Å². The van der Waals surface area contributed by atoms with E-state index in [1.54, 1.807) is 6.07 Å². The van der Waals surface area contributed by atoms with Gasteiger partial charge >= 0.3 is 0 Å². The Balaban J connectivity index is 3.15. The maximum atomic E-state index is 13.4. The molecule has 0 saturated carbocycles. The van der Waals surface area contributed by atoms with Crippen LogP contribution in [0.4, 0.5) is 4.39 Å². The second kappa shape index (κ2) is 4.37. The predicted octanol–water partition coefficient (Wildman–Crippen LogP) is 2.77. The number of hydrogen-bond acceptors (Lipinski definition) is 2. The molecule has 0 fully saturated rings. The summed E-state index contributed by atoms with van der Waals surface area (Å²) >= 11 is 5.77. The Bertz CT molecular complexity index is 360. The summed E-state index contributed by atoms with van der Waals surface area (Å²) in [5, 5.41) is 0.354. The van der Waals surface area contributed by atoms with Crippen LogP contribution in [-0.4, -0.2) is 12.6 Å². The molecule has 4 heteroatoms. The fraction of sp³-hybridized carbons (Fsp3) is 0.455. The highest BCUT2D eigenvalue weighted by Crippen LogP contribution is 2.29. The van der Waals surface area contributed by atoms with E-state index in [1.807, 2.05) is 13.8 Å². The van der Waals surface area contributed by atoms with Crippen LogP contribution in [0.15, 0.2) is 12.1 Å². The summed E-state index contributed by atoms with van der Waals surface area (Å²) in [6.07, 6.45) is 0.508. The molecule has 2 nitrogen and oxygen atoms in total. The Morgan fingerprint density at radius 2 is 2.07 bits per heavy atom. The minimum Gasteiger partial charge on any atom is -0.493 e. The van der Waals surface area contributed by atoms with Gasteiger partial charge in [-0.1, -0.05) is 11.6 Å². The van der Waals surface area contributed by atoms with Gasteiger partial charge in [-0.3, -0.25) is 0 Å². The average molecular weight is 232 g/mol. The van der Waals surface area contributed by atoms with Crippen LogP contribution < -0.4 is 10.5 Å². The average Bonchev–Trinajstić information content (AvgIpc) is 1.99. The molecule has 0 unspecified atom stereocenters. The number of ether oxygens (including phenoxy) is 1.